The van der Waals surface area contributed by atoms with Gasteiger partial charge < -0.3 is 30.0 Å². The fraction of sp³-hybridized carbons (Fsp3) is 0.842. The highest BCUT2D eigenvalue weighted by Gasteiger charge is 2.00. The molecule has 0 bridgehead atoms. The van der Waals surface area contributed by atoms with Crippen molar-refractivity contribution in [1.82, 2.24) is 5.32 Å². The second kappa shape index (κ2) is 24.0. The van der Waals surface area contributed by atoms with E-state index in [4.69, 9.17) is 24.7 Å². The maximum atomic E-state index is 11.5. The first-order chi connectivity index (χ1) is 12.7. The number of carbonyl (C=O) groups excluding carboxylic acids is 1. The summed E-state index contributed by atoms with van der Waals surface area (Å²) < 4.78 is 21.2. The zero-order valence-corrected chi connectivity index (χ0v) is 17.2. The van der Waals surface area contributed by atoms with Crippen LogP contribution in [-0.2, 0) is 23.7 Å². The third-order valence-electron chi connectivity index (χ3n) is 3.19. The molecule has 3 N–H and O–H groups in total. The third-order valence-corrected chi connectivity index (χ3v) is 3.19. The van der Waals surface area contributed by atoms with Crippen molar-refractivity contribution >= 4 is 5.91 Å². The van der Waals surface area contributed by atoms with Crippen molar-refractivity contribution in [1.29, 1.82) is 0 Å². The Balaban J connectivity index is 0. The lowest BCUT2D eigenvalue weighted by Gasteiger charge is -2.08. The van der Waals surface area contributed by atoms with Gasteiger partial charge in [-0.1, -0.05) is 25.5 Å². The SMILES string of the molecule is C/C=C(\C)CCC(=O)NCCOCCOCCOCCOCCN.CC. The minimum atomic E-state index is 0.0589. The molecule has 0 spiro atoms. The second-order valence-electron chi connectivity index (χ2n) is 5.22. The number of nitrogens with two attached hydrogens (primary N) is 1. The van der Waals surface area contributed by atoms with Crippen molar-refractivity contribution in [2.75, 3.05) is 65.9 Å². The molecule has 0 aliphatic rings. The molecule has 0 aliphatic heterocycles. The van der Waals surface area contributed by atoms with E-state index in [2.05, 4.69) is 5.32 Å². The second-order valence-corrected chi connectivity index (χ2v) is 5.22. The number of nitrogens with one attached hydrogen (secondary N) is 1. The number of amides is 1. The van der Waals surface area contributed by atoms with Gasteiger partial charge in [0, 0.05) is 19.5 Å². The van der Waals surface area contributed by atoms with Gasteiger partial charge in [-0.05, 0) is 20.3 Å². The largest absolute Gasteiger partial charge is 0.378 e. The predicted octanol–water partition coefficient (Wildman–Crippen LogP) is 1.90. The van der Waals surface area contributed by atoms with Gasteiger partial charge in [-0.2, -0.15) is 0 Å². The Morgan fingerprint density at radius 2 is 1.31 bits per heavy atom. The summed E-state index contributed by atoms with van der Waals surface area (Å²) in [6, 6.07) is 0. The van der Waals surface area contributed by atoms with E-state index in [0.29, 0.717) is 72.4 Å². The van der Waals surface area contributed by atoms with Gasteiger partial charge in [-0.15, -0.1) is 0 Å². The van der Waals surface area contributed by atoms with E-state index >= 15 is 0 Å². The van der Waals surface area contributed by atoms with Gasteiger partial charge in [0.1, 0.15) is 0 Å². The highest BCUT2D eigenvalue weighted by Crippen LogP contribution is 2.02. The number of rotatable bonds is 17. The van der Waals surface area contributed by atoms with Crippen molar-refractivity contribution in [2.45, 2.75) is 40.5 Å². The lowest BCUT2D eigenvalue weighted by atomic mass is 10.1. The van der Waals surface area contributed by atoms with Crippen molar-refractivity contribution in [3.63, 3.8) is 0 Å². The van der Waals surface area contributed by atoms with Crippen molar-refractivity contribution in [3.05, 3.63) is 11.6 Å². The van der Waals surface area contributed by atoms with Gasteiger partial charge in [0.2, 0.25) is 5.91 Å². The lowest BCUT2D eigenvalue weighted by molar-refractivity contribution is -0.121. The Hall–Kier alpha value is -0.990. The molecule has 7 nitrogen and oxygen atoms in total. The fourth-order valence-electron chi connectivity index (χ4n) is 1.65. The standard InChI is InChI=1S/C17H34N2O5.C2H6/c1-3-16(2)4-5-17(20)19-7-9-22-11-13-24-15-14-23-12-10-21-8-6-18;1-2/h3H,4-15,18H2,1-2H3,(H,19,20);1-2H3/b16-3+;. The Morgan fingerprint density at radius 3 is 1.77 bits per heavy atom. The molecular formula is C19H40N2O5. The van der Waals surface area contributed by atoms with E-state index in [1.54, 1.807) is 0 Å². The topological polar surface area (TPSA) is 92.0 Å². The number of allylic oxidation sites excluding steroid dienone is 2. The van der Waals surface area contributed by atoms with Gasteiger partial charge in [0.15, 0.2) is 0 Å². The van der Waals surface area contributed by atoms with Gasteiger partial charge in [-0.3, -0.25) is 4.79 Å². The molecule has 0 aromatic heterocycles. The summed E-state index contributed by atoms with van der Waals surface area (Å²) in [5, 5.41) is 2.83. The van der Waals surface area contributed by atoms with E-state index in [0.717, 1.165) is 6.42 Å². The number of hydrogen-bond donors (Lipinski definition) is 2. The summed E-state index contributed by atoms with van der Waals surface area (Å²) in [5.74, 6) is 0.0589. The molecule has 7 heteroatoms. The number of hydrogen-bond acceptors (Lipinski definition) is 6. The van der Waals surface area contributed by atoms with Crippen molar-refractivity contribution < 1.29 is 23.7 Å². The zero-order valence-electron chi connectivity index (χ0n) is 17.2. The quantitative estimate of drug-likeness (QED) is 0.298. The molecule has 0 unspecified atom stereocenters. The monoisotopic (exact) mass is 376 g/mol. The van der Waals surface area contributed by atoms with Crippen molar-refractivity contribution in [2.24, 2.45) is 5.73 Å². The Morgan fingerprint density at radius 1 is 0.846 bits per heavy atom. The van der Waals surface area contributed by atoms with Crippen molar-refractivity contribution in [3.8, 4) is 0 Å². The maximum Gasteiger partial charge on any atom is 0.220 e. The molecule has 0 heterocycles. The van der Waals surface area contributed by atoms with E-state index in [1.807, 2.05) is 33.8 Å². The summed E-state index contributed by atoms with van der Waals surface area (Å²) >= 11 is 0. The van der Waals surface area contributed by atoms with Gasteiger partial charge in [-0.25, -0.2) is 0 Å². The minimum Gasteiger partial charge on any atom is -0.378 e. The summed E-state index contributed by atoms with van der Waals surface area (Å²) in [6.45, 7) is 13.3. The van der Waals surface area contributed by atoms with Gasteiger partial charge in [0.25, 0.3) is 0 Å². The van der Waals surface area contributed by atoms with Crippen LogP contribution in [0.1, 0.15) is 40.5 Å². The van der Waals surface area contributed by atoms with Crippen LogP contribution in [0.15, 0.2) is 11.6 Å². The lowest BCUT2D eigenvalue weighted by Crippen LogP contribution is -2.27. The maximum absolute atomic E-state index is 11.5. The predicted molar refractivity (Wildman–Crippen MR) is 105 cm³/mol. The van der Waals surface area contributed by atoms with Crippen LogP contribution in [0.3, 0.4) is 0 Å². The number of ether oxygens (including phenoxy) is 4. The van der Waals surface area contributed by atoms with Crippen LogP contribution in [0.5, 0.6) is 0 Å². The molecule has 0 fully saturated rings. The summed E-state index contributed by atoms with van der Waals surface area (Å²) in [7, 11) is 0. The summed E-state index contributed by atoms with van der Waals surface area (Å²) in [5.41, 5.74) is 6.52. The molecule has 0 atom stereocenters. The molecule has 0 aromatic carbocycles. The van der Waals surface area contributed by atoms with E-state index in [9.17, 15) is 4.79 Å². The van der Waals surface area contributed by atoms with E-state index < -0.39 is 0 Å². The Bertz CT molecular complexity index is 325. The Labute approximate surface area is 159 Å². The summed E-state index contributed by atoms with van der Waals surface area (Å²) in [4.78, 5) is 11.5. The molecule has 0 saturated carbocycles. The van der Waals surface area contributed by atoms with Crippen LogP contribution in [0, 0.1) is 0 Å². The summed E-state index contributed by atoms with van der Waals surface area (Å²) in [6.07, 6.45) is 3.35. The molecule has 0 aromatic rings. The first kappa shape index (κ1) is 27.2. The van der Waals surface area contributed by atoms with Crippen LogP contribution in [0.25, 0.3) is 0 Å². The highest BCUT2D eigenvalue weighted by atomic mass is 16.6. The average molecular weight is 377 g/mol. The van der Waals surface area contributed by atoms with E-state index in [-0.39, 0.29) is 5.91 Å². The Kier molecular flexibility index (Phi) is 25.1. The normalized spacial score (nSPS) is 11.0. The molecule has 0 aliphatic carbocycles. The van der Waals surface area contributed by atoms with Crippen LogP contribution < -0.4 is 11.1 Å². The molecule has 0 saturated heterocycles. The molecule has 0 radical (unpaired) electrons. The zero-order chi connectivity index (χ0) is 19.9. The van der Waals surface area contributed by atoms with Gasteiger partial charge >= 0.3 is 0 Å². The van der Waals surface area contributed by atoms with Gasteiger partial charge in [0.05, 0.1) is 52.9 Å². The molecule has 1 amide bonds. The molecule has 26 heavy (non-hydrogen) atoms. The van der Waals surface area contributed by atoms with Crippen LogP contribution in [-0.4, -0.2) is 71.9 Å². The molecule has 156 valence electrons. The highest BCUT2D eigenvalue weighted by molar-refractivity contribution is 5.76. The van der Waals surface area contributed by atoms with Crippen LogP contribution >= 0.6 is 0 Å². The van der Waals surface area contributed by atoms with Crippen LogP contribution in [0.2, 0.25) is 0 Å². The van der Waals surface area contributed by atoms with E-state index in [1.165, 1.54) is 5.57 Å². The first-order valence-corrected chi connectivity index (χ1v) is 9.60. The molecule has 0 rings (SSSR count). The third kappa shape index (κ3) is 23.0. The minimum absolute atomic E-state index is 0.0589. The number of carbonyl (C=O) groups is 1. The fourth-order valence-corrected chi connectivity index (χ4v) is 1.65. The first-order valence-electron chi connectivity index (χ1n) is 9.60. The molecular weight excluding hydrogens is 336 g/mol. The average Bonchev–Trinajstić information content (AvgIpc) is 2.67. The smallest absolute Gasteiger partial charge is 0.220 e. The van der Waals surface area contributed by atoms with Crippen LogP contribution in [0.4, 0.5) is 0 Å².